The first-order valence-corrected chi connectivity index (χ1v) is 10.9. The van der Waals surface area contributed by atoms with Crippen molar-refractivity contribution in [3.05, 3.63) is 74.9 Å². The Hall–Kier alpha value is -3.23. The van der Waals surface area contributed by atoms with Crippen LogP contribution < -0.4 is 15.6 Å². The number of nitrogens with one attached hydrogen (secondary N) is 1. The average molecular weight is 472 g/mol. The molecule has 9 heteroatoms. The number of rotatable bonds is 5. The van der Waals surface area contributed by atoms with Gasteiger partial charge in [0, 0.05) is 16.1 Å². The van der Waals surface area contributed by atoms with Crippen molar-refractivity contribution in [2.24, 2.45) is 0 Å². The van der Waals surface area contributed by atoms with E-state index >= 15 is 0 Å². The lowest BCUT2D eigenvalue weighted by Gasteiger charge is -2.15. The number of benzene rings is 2. The van der Waals surface area contributed by atoms with Crippen LogP contribution in [0.1, 0.15) is 17.8 Å². The van der Waals surface area contributed by atoms with Crippen LogP contribution in [0.2, 0.25) is 5.02 Å². The number of amides is 1. The highest BCUT2D eigenvalue weighted by molar-refractivity contribution is 7.19. The minimum absolute atomic E-state index is 0.339. The minimum atomic E-state index is -0.832. The lowest BCUT2D eigenvalue weighted by molar-refractivity contribution is -0.118. The van der Waals surface area contributed by atoms with Gasteiger partial charge in [0.1, 0.15) is 22.4 Å². The number of anilines is 1. The second kappa shape index (κ2) is 8.72. The molecule has 1 atom stereocenters. The van der Waals surface area contributed by atoms with Crippen LogP contribution in [-0.4, -0.2) is 22.6 Å². The summed E-state index contributed by atoms with van der Waals surface area (Å²) in [4.78, 5) is 32.1. The lowest BCUT2D eigenvalue weighted by atomic mass is 10.0. The highest BCUT2D eigenvalue weighted by Gasteiger charge is 2.22. The number of hydrogen-bond donors (Lipinski definition) is 1. The zero-order valence-corrected chi connectivity index (χ0v) is 19.1. The molecule has 1 N–H and O–H groups in total. The molecule has 1 unspecified atom stereocenters. The molecule has 0 aliphatic heterocycles. The third kappa shape index (κ3) is 3.99. The monoisotopic (exact) mass is 471 g/mol. The van der Waals surface area contributed by atoms with Crippen molar-refractivity contribution >= 4 is 44.7 Å². The van der Waals surface area contributed by atoms with E-state index in [2.05, 4.69) is 10.3 Å². The van der Waals surface area contributed by atoms with E-state index in [9.17, 15) is 14.0 Å². The van der Waals surface area contributed by atoms with E-state index in [-0.39, 0.29) is 11.4 Å². The Morgan fingerprint density at radius 3 is 2.62 bits per heavy atom. The van der Waals surface area contributed by atoms with Crippen molar-refractivity contribution in [3.8, 4) is 16.9 Å². The summed E-state index contributed by atoms with van der Waals surface area (Å²) in [6, 6.07) is 10.0. The van der Waals surface area contributed by atoms with Crippen molar-refractivity contribution in [1.82, 2.24) is 9.55 Å². The van der Waals surface area contributed by atoms with Crippen molar-refractivity contribution in [2.75, 3.05) is 12.4 Å². The molecule has 6 nitrogen and oxygen atoms in total. The van der Waals surface area contributed by atoms with Crippen LogP contribution in [-0.2, 0) is 4.79 Å². The third-order valence-electron chi connectivity index (χ3n) is 5.16. The molecule has 0 radical (unpaired) electrons. The number of thiophene rings is 1. The van der Waals surface area contributed by atoms with Crippen molar-refractivity contribution < 1.29 is 13.9 Å². The number of halogens is 2. The lowest BCUT2D eigenvalue weighted by Crippen LogP contribution is -2.31. The minimum Gasteiger partial charge on any atom is -0.495 e. The standard InChI is InChI=1S/C23H19ClFN3O3S/c1-12(21(29)27-16-8-9-18(31-3)17(24)10-16)28-11-26-22-20(23(28)30)19(13(2)32-22)14-4-6-15(25)7-5-14/h4-12H,1-3H3,(H,27,29). The highest BCUT2D eigenvalue weighted by Crippen LogP contribution is 2.35. The maximum atomic E-state index is 13.4. The Labute approximate surface area is 192 Å². The highest BCUT2D eigenvalue weighted by atomic mass is 35.5. The molecule has 32 heavy (non-hydrogen) atoms. The van der Waals surface area contributed by atoms with E-state index in [1.54, 1.807) is 37.3 Å². The molecule has 0 saturated heterocycles. The number of nitrogens with zero attached hydrogens (tertiary/aromatic N) is 2. The fourth-order valence-corrected chi connectivity index (χ4v) is 4.73. The second-order valence-electron chi connectivity index (χ2n) is 7.19. The number of carbonyl (C=O) groups is 1. The predicted molar refractivity (Wildman–Crippen MR) is 125 cm³/mol. The number of aromatic nitrogens is 2. The van der Waals surface area contributed by atoms with Gasteiger partial charge >= 0.3 is 0 Å². The second-order valence-corrected chi connectivity index (χ2v) is 8.80. The van der Waals surface area contributed by atoms with Gasteiger partial charge in [-0.25, -0.2) is 9.37 Å². The number of fused-ring (bicyclic) bond motifs is 1. The maximum absolute atomic E-state index is 13.4. The summed E-state index contributed by atoms with van der Waals surface area (Å²) < 4.78 is 19.8. The number of methoxy groups -OCH3 is 1. The van der Waals surface area contributed by atoms with E-state index in [1.165, 1.54) is 41.5 Å². The zero-order valence-electron chi connectivity index (χ0n) is 17.5. The van der Waals surface area contributed by atoms with Gasteiger partial charge in [-0.3, -0.25) is 14.2 Å². The van der Waals surface area contributed by atoms with Crippen LogP contribution in [0.25, 0.3) is 21.3 Å². The van der Waals surface area contributed by atoms with Gasteiger partial charge in [0.15, 0.2) is 0 Å². The van der Waals surface area contributed by atoms with Gasteiger partial charge in [-0.2, -0.15) is 0 Å². The van der Waals surface area contributed by atoms with Gasteiger partial charge < -0.3 is 10.1 Å². The number of aryl methyl sites for hydroxylation is 1. The van der Waals surface area contributed by atoms with Crippen molar-refractivity contribution in [3.63, 3.8) is 0 Å². The Morgan fingerprint density at radius 2 is 1.97 bits per heavy atom. The van der Waals surface area contributed by atoms with Crippen molar-refractivity contribution in [1.29, 1.82) is 0 Å². The fraction of sp³-hybridized carbons (Fsp3) is 0.174. The quantitative estimate of drug-likeness (QED) is 0.421. The fourth-order valence-electron chi connectivity index (χ4n) is 3.47. The predicted octanol–water partition coefficient (Wildman–Crippen LogP) is 5.43. The Balaban J connectivity index is 1.71. The van der Waals surface area contributed by atoms with E-state index in [4.69, 9.17) is 16.3 Å². The van der Waals surface area contributed by atoms with Gasteiger partial charge in [0.2, 0.25) is 5.91 Å². The molecule has 2 heterocycles. The van der Waals surface area contributed by atoms with Crippen LogP contribution in [0.15, 0.2) is 53.6 Å². The summed E-state index contributed by atoms with van der Waals surface area (Å²) in [5.41, 5.74) is 1.56. The molecule has 0 aliphatic rings. The zero-order chi connectivity index (χ0) is 23.0. The molecule has 0 aliphatic carbocycles. The molecule has 2 aromatic carbocycles. The summed E-state index contributed by atoms with van der Waals surface area (Å²) >= 11 is 7.51. The number of ether oxygens (including phenoxy) is 1. The van der Waals surface area contributed by atoms with Gasteiger partial charge in [-0.1, -0.05) is 23.7 Å². The first-order valence-electron chi connectivity index (χ1n) is 9.70. The largest absolute Gasteiger partial charge is 0.495 e. The molecular formula is C23H19ClFN3O3S. The van der Waals surface area contributed by atoms with Crippen LogP contribution >= 0.6 is 22.9 Å². The molecule has 0 bridgehead atoms. The molecule has 4 aromatic rings. The summed E-state index contributed by atoms with van der Waals surface area (Å²) in [6.07, 6.45) is 1.38. The van der Waals surface area contributed by atoms with Crippen LogP contribution in [0.4, 0.5) is 10.1 Å². The molecule has 0 saturated carbocycles. The molecule has 0 spiro atoms. The summed E-state index contributed by atoms with van der Waals surface area (Å²) in [6.45, 7) is 3.50. The van der Waals surface area contributed by atoms with Crippen LogP contribution in [0.5, 0.6) is 5.75 Å². The van der Waals surface area contributed by atoms with Crippen molar-refractivity contribution in [2.45, 2.75) is 19.9 Å². The van der Waals surface area contributed by atoms with Crippen LogP contribution in [0, 0.1) is 12.7 Å². The summed E-state index contributed by atoms with van der Waals surface area (Å²) in [5, 5.41) is 3.53. The molecule has 164 valence electrons. The summed E-state index contributed by atoms with van der Waals surface area (Å²) in [5.74, 6) is -0.264. The first kappa shape index (κ1) is 22.0. The number of hydrogen-bond acceptors (Lipinski definition) is 5. The molecule has 2 aromatic heterocycles. The number of carbonyl (C=O) groups excluding carboxylic acids is 1. The molecule has 0 fully saturated rings. The Morgan fingerprint density at radius 1 is 1.25 bits per heavy atom. The molecule has 1 amide bonds. The van der Waals surface area contributed by atoms with E-state index in [0.717, 1.165) is 10.4 Å². The average Bonchev–Trinajstić information content (AvgIpc) is 3.11. The SMILES string of the molecule is COc1ccc(NC(=O)C(C)n2cnc3sc(C)c(-c4ccc(F)cc4)c3c2=O)cc1Cl. The van der Waals surface area contributed by atoms with E-state index in [0.29, 0.717) is 32.2 Å². The van der Waals surface area contributed by atoms with Gasteiger partial charge in [0.25, 0.3) is 5.56 Å². The molecular weight excluding hydrogens is 453 g/mol. The third-order valence-corrected chi connectivity index (χ3v) is 6.47. The smallest absolute Gasteiger partial charge is 0.263 e. The Bertz CT molecular complexity index is 1380. The van der Waals surface area contributed by atoms with E-state index in [1.807, 2.05) is 6.92 Å². The van der Waals surface area contributed by atoms with Gasteiger partial charge in [0.05, 0.1) is 23.8 Å². The van der Waals surface area contributed by atoms with Gasteiger partial charge in [-0.05, 0) is 49.7 Å². The maximum Gasteiger partial charge on any atom is 0.263 e. The van der Waals surface area contributed by atoms with Crippen LogP contribution in [0.3, 0.4) is 0 Å². The first-order chi connectivity index (χ1) is 15.3. The molecule has 4 rings (SSSR count). The topological polar surface area (TPSA) is 73.2 Å². The summed E-state index contributed by atoms with van der Waals surface area (Å²) in [7, 11) is 1.50. The van der Waals surface area contributed by atoms with Gasteiger partial charge in [-0.15, -0.1) is 11.3 Å². The normalized spacial score (nSPS) is 12.0. The van der Waals surface area contributed by atoms with E-state index < -0.39 is 11.9 Å². The Kier molecular flexibility index (Phi) is 5.99.